The molecule has 0 saturated heterocycles. The molecule has 0 radical (unpaired) electrons. The van der Waals surface area contributed by atoms with Gasteiger partial charge in [0.05, 0.1) is 6.61 Å². The van der Waals surface area contributed by atoms with Crippen LogP contribution in [-0.2, 0) is 5.60 Å². The number of hydrogen-bond donors (Lipinski definition) is 1. The van der Waals surface area contributed by atoms with Crippen molar-refractivity contribution in [3.63, 3.8) is 0 Å². The van der Waals surface area contributed by atoms with E-state index in [1.807, 2.05) is 19.1 Å². The molecule has 0 amide bonds. The molecule has 0 aliphatic carbocycles. The Bertz CT molecular complexity index is 564. The van der Waals surface area contributed by atoms with E-state index in [0.29, 0.717) is 23.5 Å². The minimum absolute atomic E-state index is 0.362. The van der Waals surface area contributed by atoms with Gasteiger partial charge < -0.3 is 9.84 Å². The molecule has 0 aromatic heterocycles. The van der Waals surface area contributed by atoms with Gasteiger partial charge in [0.1, 0.15) is 17.2 Å². The molecule has 2 rings (SSSR count). The van der Waals surface area contributed by atoms with Crippen LogP contribution in [0.5, 0.6) is 5.75 Å². The van der Waals surface area contributed by atoms with E-state index in [9.17, 15) is 9.50 Å². The third-order valence-electron chi connectivity index (χ3n) is 3.09. The first-order valence-corrected chi connectivity index (χ1v) is 6.26. The molecule has 2 aromatic carbocycles. The van der Waals surface area contributed by atoms with Gasteiger partial charge in [0.2, 0.25) is 0 Å². The SMILES string of the molecule is CCOc1cccc(C(C)(O)c2cccc(F)c2)c1. The van der Waals surface area contributed by atoms with Gasteiger partial charge in [0.25, 0.3) is 0 Å². The van der Waals surface area contributed by atoms with E-state index in [4.69, 9.17) is 4.74 Å². The summed E-state index contributed by atoms with van der Waals surface area (Å²) in [5, 5.41) is 10.7. The molecule has 2 nitrogen and oxygen atoms in total. The molecule has 0 fully saturated rings. The predicted molar refractivity (Wildman–Crippen MR) is 72.7 cm³/mol. The average molecular weight is 260 g/mol. The van der Waals surface area contributed by atoms with Gasteiger partial charge in [-0.15, -0.1) is 0 Å². The zero-order valence-corrected chi connectivity index (χ0v) is 11.1. The molecule has 0 saturated carbocycles. The zero-order chi connectivity index (χ0) is 13.9. The maximum absolute atomic E-state index is 13.3. The van der Waals surface area contributed by atoms with Crippen LogP contribution in [0.4, 0.5) is 4.39 Å². The smallest absolute Gasteiger partial charge is 0.123 e. The second-order valence-corrected chi connectivity index (χ2v) is 4.54. The fraction of sp³-hybridized carbons (Fsp3) is 0.250. The van der Waals surface area contributed by atoms with Crippen molar-refractivity contribution in [3.8, 4) is 5.75 Å². The summed E-state index contributed by atoms with van der Waals surface area (Å²) in [5.74, 6) is 0.329. The Morgan fingerprint density at radius 2 is 1.74 bits per heavy atom. The molecular formula is C16H17FO2. The molecular weight excluding hydrogens is 243 g/mol. The van der Waals surface area contributed by atoms with E-state index in [0.717, 1.165) is 0 Å². The van der Waals surface area contributed by atoms with Crippen LogP contribution in [0.25, 0.3) is 0 Å². The van der Waals surface area contributed by atoms with E-state index >= 15 is 0 Å². The van der Waals surface area contributed by atoms with E-state index in [-0.39, 0.29) is 5.82 Å². The van der Waals surface area contributed by atoms with Crippen LogP contribution in [0.15, 0.2) is 48.5 Å². The van der Waals surface area contributed by atoms with Crippen molar-refractivity contribution in [2.45, 2.75) is 19.4 Å². The number of hydrogen-bond acceptors (Lipinski definition) is 2. The zero-order valence-electron chi connectivity index (χ0n) is 11.1. The van der Waals surface area contributed by atoms with Gasteiger partial charge in [-0.3, -0.25) is 0 Å². The summed E-state index contributed by atoms with van der Waals surface area (Å²) < 4.78 is 18.7. The van der Waals surface area contributed by atoms with E-state index in [2.05, 4.69) is 0 Å². The van der Waals surface area contributed by atoms with Gasteiger partial charge in [-0.1, -0.05) is 24.3 Å². The highest BCUT2D eigenvalue weighted by atomic mass is 19.1. The molecule has 1 atom stereocenters. The highest BCUT2D eigenvalue weighted by Crippen LogP contribution is 2.31. The Morgan fingerprint density at radius 1 is 1.11 bits per heavy atom. The predicted octanol–water partition coefficient (Wildman–Crippen LogP) is 3.48. The number of aliphatic hydroxyl groups is 1. The summed E-state index contributed by atoms with van der Waals surface area (Å²) in [6, 6.07) is 13.2. The van der Waals surface area contributed by atoms with Crippen LogP contribution in [-0.4, -0.2) is 11.7 Å². The van der Waals surface area contributed by atoms with E-state index in [1.54, 1.807) is 31.2 Å². The standard InChI is InChI=1S/C16H17FO2/c1-3-19-15-9-5-7-13(11-15)16(2,18)12-6-4-8-14(17)10-12/h4-11,18H,3H2,1-2H3. The lowest BCUT2D eigenvalue weighted by molar-refractivity contribution is 0.101. The monoisotopic (exact) mass is 260 g/mol. The minimum Gasteiger partial charge on any atom is -0.494 e. The fourth-order valence-corrected chi connectivity index (χ4v) is 2.01. The van der Waals surface area contributed by atoms with E-state index < -0.39 is 5.60 Å². The van der Waals surface area contributed by atoms with Crippen molar-refractivity contribution >= 4 is 0 Å². The lowest BCUT2D eigenvalue weighted by atomic mass is 9.88. The van der Waals surface area contributed by atoms with Crippen LogP contribution in [0.3, 0.4) is 0 Å². The van der Waals surface area contributed by atoms with Gasteiger partial charge in [-0.25, -0.2) is 4.39 Å². The molecule has 1 unspecified atom stereocenters. The first kappa shape index (κ1) is 13.6. The van der Waals surface area contributed by atoms with Gasteiger partial charge in [0.15, 0.2) is 0 Å². The van der Waals surface area contributed by atoms with Gasteiger partial charge in [0, 0.05) is 0 Å². The minimum atomic E-state index is -1.25. The average Bonchev–Trinajstić information content (AvgIpc) is 2.39. The summed E-state index contributed by atoms with van der Waals surface area (Å²) in [7, 11) is 0. The Balaban J connectivity index is 2.41. The van der Waals surface area contributed by atoms with Crippen LogP contribution < -0.4 is 4.74 Å². The third kappa shape index (κ3) is 2.93. The summed E-state index contributed by atoms with van der Waals surface area (Å²) in [6.45, 7) is 4.11. The molecule has 1 N–H and O–H groups in total. The Hall–Kier alpha value is -1.87. The Morgan fingerprint density at radius 3 is 2.37 bits per heavy atom. The molecule has 0 bridgehead atoms. The van der Waals surface area contributed by atoms with Crippen LogP contribution in [0.1, 0.15) is 25.0 Å². The van der Waals surface area contributed by atoms with Crippen molar-refractivity contribution in [1.29, 1.82) is 0 Å². The largest absolute Gasteiger partial charge is 0.494 e. The molecule has 0 heterocycles. The third-order valence-corrected chi connectivity index (χ3v) is 3.09. The number of ether oxygens (including phenoxy) is 1. The van der Waals surface area contributed by atoms with Crippen molar-refractivity contribution in [1.82, 2.24) is 0 Å². The van der Waals surface area contributed by atoms with Crippen molar-refractivity contribution in [2.24, 2.45) is 0 Å². The van der Waals surface area contributed by atoms with Crippen LogP contribution >= 0.6 is 0 Å². The molecule has 3 heteroatoms. The maximum atomic E-state index is 13.3. The summed E-state index contributed by atoms with van der Waals surface area (Å²) in [5.41, 5.74) is -0.0694. The van der Waals surface area contributed by atoms with E-state index in [1.165, 1.54) is 12.1 Å². The van der Waals surface area contributed by atoms with Gasteiger partial charge >= 0.3 is 0 Å². The Kier molecular flexibility index (Phi) is 3.86. The molecule has 19 heavy (non-hydrogen) atoms. The topological polar surface area (TPSA) is 29.5 Å². The first-order valence-electron chi connectivity index (χ1n) is 6.26. The lowest BCUT2D eigenvalue weighted by Crippen LogP contribution is -2.22. The molecule has 0 aliphatic heterocycles. The summed E-state index contributed by atoms with van der Waals surface area (Å²) >= 11 is 0. The maximum Gasteiger partial charge on any atom is 0.123 e. The normalized spacial score (nSPS) is 13.9. The summed E-state index contributed by atoms with van der Waals surface area (Å²) in [4.78, 5) is 0. The Labute approximate surface area is 112 Å². The van der Waals surface area contributed by atoms with Gasteiger partial charge in [-0.05, 0) is 49.2 Å². The first-order chi connectivity index (χ1) is 9.04. The molecule has 100 valence electrons. The molecule has 2 aromatic rings. The highest BCUT2D eigenvalue weighted by molar-refractivity contribution is 5.39. The quantitative estimate of drug-likeness (QED) is 0.912. The van der Waals surface area contributed by atoms with Gasteiger partial charge in [-0.2, -0.15) is 0 Å². The number of halogens is 1. The number of rotatable bonds is 4. The summed E-state index contributed by atoms with van der Waals surface area (Å²) in [6.07, 6.45) is 0. The lowest BCUT2D eigenvalue weighted by Gasteiger charge is -2.25. The second kappa shape index (κ2) is 5.41. The molecule has 0 aliphatic rings. The second-order valence-electron chi connectivity index (χ2n) is 4.54. The molecule has 0 spiro atoms. The fourth-order valence-electron chi connectivity index (χ4n) is 2.01. The van der Waals surface area contributed by atoms with Crippen LogP contribution in [0, 0.1) is 5.82 Å². The number of benzene rings is 2. The van der Waals surface area contributed by atoms with Crippen molar-refractivity contribution < 1.29 is 14.2 Å². The van der Waals surface area contributed by atoms with Crippen LogP contribution in [0.2, 0.25) is 0 Å². The van der Waals surface area contributed by atoms with Crippen molar-refractivity contribution in [2.75, 3.05) is 6.61 Å². The highest BCUT2D eigenvalue weighted by Gasteiger charge is 2.26. The van der Waals surface area contributed by atoms with Crippen molar-refractivity contribution in [3.05, 3.63) is 65.5 Å².